The zero-order chi connectivity index (χ0) is 59.2. The molecule has 82 heavy (non-hydrogen) atoms. The minimum Gasteiger partial charge on any atom is -0.462 e. The van der Waals surface area contributed by atoms with Crippen LogP contribution in [0.5, 0.6) is 0 Å². The maximum absolute atomic E-state index is 12.9. The maximum atomic E-state index is 12.9. The Balaban J connectivity index is 4.42. The van der Waals surface area contributed by atoms with Gasteiger partial charge in [0.15, 0.2) is 6.10 Å². The second kappa shape index (κ2) is 68.5. The Bertz CT molecular complexity index is 1830. The lowest BCUT2D eigenvalue weighted by molar-refractivity contribution is -0.167. The Morgan fingerprint density at radius 3 is 0.805 bits per heavy atom. The van der Waals surface area contributed by atoms with Crippen LogP contribution < -0.4 is 0 Å². The van der Waals surface area contributed by atoms with E-state index in [2.05, 4.69) is 179 Å². The van der Waals surface area contributed by atoms with E-state index in [0.29, 0.717) is 25.7 Å². The van der Waals surface area contributed by atoms with Crippen molar-refractivity contribution in [1.82, 2.24) is 0 Å². The van der Waals surface area contributed by atoms with Crippen molar-refractivity contribution in [3.05, 3.63) is 158 Å². The molecule has 0 aliphatic carbocycles. The first kappa shape index (κ1) is 77.0. The van der Waals surface area contributed by atoms with E-state index >= 15 is 0 Å². The van der Waals surface area contributed by atoms with Gasteiger partial charge in [-0.25, -0.2) is 0 Å². The predicted molar refractivity (Wildman–Crippen MR) is 357 cm³/mol. The Labute approximate surface area is 505 Å². The molecule has 0 saturated carbocycles. The highest BCUT2D eigenvalue weighted by molar-refractivity contribution is 5.71. The van der Waals surface area contributed by atoms with Crippen molar-refractivity contribution in [2.24, 2.45) is 0 Å². The van der Waals surface area contributed by atoms with Gasteiger partial charge in [0, 0.05) is 19.3 Å². The van der Waals surface area contributed by atoms with Crippen LogP contribution in [0.2, 0.25) is 0 Å². The van der Waals surface area contributed by atoms with Crippen molar-refractivity contribution in [1.29, 1.82) is 0 Å². The molecule has 1 unspecified atom stereocenters. The van der Waals surface area contributed by atoms with Gasteiger partial charge >= 0.3 is 17.9 Å². The van der Waals surface area contributed by atoms with Gasteiger partial charge in [0.05, 0.1) is 0 Å². The van der Waals surface area contributed by atoms with Gasteiger partial charge < -0.3 is 14.2 Å². The van der Waals surface area contributed by atoms with Crippen molar-refractivity contribution < 1.29 is 28.6 Å². The lowest BCUT2D eigenvalue weighted by Gasteiger charge is -2.18. The largest absolute Gasteiger partial charge is 0.462 e. The highest BCUT2D eigenvalue weighted by Crippen LogP contribution is 2.14. The average Bonchev–Trinajstić information content (AvgIpc) is 3.47. The number of unbranched alkanes of at least 4 members (excludes halogenated alkanes) is 22. The Hall–Kier alpha value is -4.97. The van der Waals surface area contributed by atoms with Crippen molar-refractivity contribution in [3.8, 4) is 0 Å². The summed E-state index contributed by atoms with van der Waals surface area (Å²) in [7, 11) is 0. The second-order valence-corrected chi connectivity index (χ2v) is 21.6. The number of hydrogen-bond acceptors (Lipinski definition) is 6. The molecule has 0 radical (unpaired) electrons. The van der Waals surface area contributed by atoms with E-state index in [0.717, 1.165) is 141 Å². The molecule has 0 aromatic heterocycles. The van der Waals surface area contributed by atoms with Crippen LogP contribution in [-0.4, -0.2) is 37.2 Å². The first-order valence-corrected chi connectivity index (χ1v) is 33.5. The highest BCUT2D eigenvalue weighted by Gasteiger charge is 2.19. The Morgan fingerprint density at radius 2 is 0.476 bits per heavy atom. The molecule has 0 saturated heterocycles. The number of hydrogen-bond donors (Lipinski definition) is 0. The van der Waals surface area contributed by atoms with Crippen LogP contribution in [0.15, 0.2) is 158 Å². The highest BCUT2D eigenvalue weighted by atomic mass is 16.6. The molecule has 0 spiro atoms. The molecule has 0 aliphatic heterocycles. The number of rotatable bonds is 59. The monoisotopic (exact) mass is 1130 g/mol. The van der Waals surface area contributed by atoms with E-state index in [1.807, 2.05) is 0 Å². The van der Waals surface area contributed by atoms with E-state index < -0.39 is 6.10 Å². The van der Waals surface area contributed by atoms with Crippen molar-refractivity contribution in [3.63, 3.8) is 0 Å². The van der Waals surface area contributed by atoms with Crippen LogP contribution in [0.1, 0.15) is 284 Å². The first-order valence-electron chi connectivity index (χ1n) is 33.5. The molecule has 0 bridgehead atoms. The number of esters is 3. The minimum absolute atomic E-state index is 0.104. The third-order valence-electron chi connectivity index (χ3n) is 13.7. The van der Waals surface area contributed by atoms with Gasteiger partial charge in [0.25, 0.3) is 0 Å². The van der Waals surface area contributed by atoms with E-state index in [1.54, 1.807) is 0 Å². The van der Waals surface area contributed by atoms with Crippen LogP contribution in [0.4, 0.5) is 0 Å². The van der Waals surface area contributed by atoms with Gasteiger partial charge in [-0.1, -0.05) is 269 Å². The fourth-order valence-corrected chi connectivity index (χ4v) is 8.73. The van der Waals surface area contributed by atoms with Crippen LogP contribution in [0.25, 0.3) is 0 Å². The van der Waals surface area contributed by atoms with Gasteiger partial charge in [0.1, 0.15) is 13.2 Å². The molecular weight excluding hydrogens is 1010 g/mol. The zero-order valence-corrected chi connectivity index (χ0v) is 52.9. The number of ether oxygens (including phenoxy) is 3. The summed E-state index contributed by atoms with van der Waals surface area (Å²) >= 11 is 0. The minimum atomic E-state index is -0.811. The van der Waals surface area contributed by atoms with Gasteiger partial charge in [-0.15, -0.1) is 0 Å². The topological polar surface area (TPSA) is 78.9 Å². The molecule has 0 amide bonds. The Kier molecular flexibility index (Phi) is 64.4. The third-order valence-corrected chi connectivity index (χ3v) is 13.7. The van der Waals surface area contributed by atoms with Gasteiger partial charge in [-0.3, -0.25) is 14.4 Å². The van der Waals surface area contributed by atoms with E-state index in [-0.39, 0.29) is 31.1 Å². The van der Waals surface area contributed by atoms with Gasteiger partial charge in [0.2, 0.25) is 0 Å². The normalized spacial score (nSPS) is 13.2. The number of allylic oxidation sites excluding steroid dienone is 26. The number of carbonyl (C=O) groups is 3. The molecule has 0 rings (SSSR count). The fraction of sp³-hybridized carbons (Fsp3) is 0.618. The summed E-state index contributed by atoms with van der Waals surface area (Å²) in [4.78, 5) is 38.3. The first-order chi connectivity index (χ1) is 40.5. The molecule has 6 heteroatoms. The fourth-order valence-electron chi connectivity index (χ4n) is 8.73. The van der Waals surface area contributed by atoms with E-state index in [1.165, 1.54) is 96.3 Å². The third kappa shape index (κ3) is 65.8. The quantitative estimate of drug-likeness (QED) is 0.0261. The average molecular weight is 1130 g/mol. The summed E-state index contributed by atoms with van der Waals surface area (Å²) in [6.45, 7) is 6.44. The zero-order valence-electron chi connectivity index (χ0n) is 52.9. The summed E-state index contributed by atoms with van der Waals surface area (Å²) in [6, 6.07) is 0. The van der Waals surface area contributed by atoms with Crippen LogP contribution in [-0.2, 0) is 28.6 Å². The molecule has 0 N–H and O–H groups in total. The van der Waals surface area contributed by atoms with E-state index in [9.17, 15) is 14.4 Å². The standard InChI is InChI=1S/C76H122O6/c1-4-7-10-13-16-19-22-25-28-30-31-32-33-34-35-36-37-38-39-40-41-42-43-44-45-47-48-51-54-57-60-63-66-69-75(78)81-72-73(71-80-74(77)68-65-62-59-56-53-50-27-24-21-18-15-12-9-6-3)82-76(79)70-67-64-61-58-55-52-49-46-29-26-23-20-17-14-11-8-5-2/h7,10,16-17,19-20,24-29,31-32,34-35,37-38,40-41,43-44,47-48,54,57,73H,4-6,8-9,11-15,18,21-23,30,33,36,39,42,45-46,49-53,55-56,58-72H2,1-3H3/b10-7-,19-16-,20-17-,27-24-,28-25-,29-26-,32-31-,35-34-,38-37-,41-40-,44-43-,48-47-,57-54-. The molecule has 0 aromatic carbocycles. The second-order valence-electron chi connectivity index (χ2n) is 21.6. The molecule has 462 valence electrons. The number of carbonyl (C=O) groups excluding carboxylic acids is 3. The molecule has 1 atom stereocenters. The predicted octanol–water partition coefficient (Wildman–Crippen LogP) is 23.3. The summed E-state index contributed by atoms with van der Waals surface area (Å²) in [5, 5.41) is 0. The van der Waals surface area contributed by atoms with Crippen molar-refractivity contribution in [2.45, 2.75) is 290 Å². The molecule has 0 aromatic rings. The van der Waals surface area contributed by atoms with Crippen molar-refractivity contribution >= 4 is 17.9 Å². The summed E-state index contributed by atoms with van der Waals surface area (Å²) in [5.41, 5.74) is 0. The van der Waals surface area contributed by atoms with Gasteiger partial charge in [-0.2, -0.15) is 0 Å². The molecule has 0 heterocycles. The summed E-state index contributed by atoms with van der Waals surface area (Å²) in [5.74, 6) is -0.966. The smallest absolute Gasteiger partial charge is 0.306 e. The van der Waals surface area contributed by atoms with Crippen molar-refractivity contribution in [2.75, 3.05) is 13.2 Å². The SMILES string of the molecule is CC/C=C\C/C=C\C/C=C\C/C=C\C/C=C\C/C=C\C/C=C\C/C=C\C/C=C\C/C=C\CCCCC(=O)OCC(COC(=O)CCCCCCC/C=C\CCCCCCC)OC(=O)CCCCCCCCC/C=C\C/C=C\CCCCC. The summed E-state index contributed by atoms with van der Waals surface area (Å²) in [6.07, 6.45) is 99.7. The maximum Gasteiger partial charge on any atom is 0.306 e. The lowest BCUT2D eigenvalue weighted by atomic mass is 10.1. The Morgan fingerprint density at radius 1 is 0.256 bits per heavy atom. The summed E-state index contributed by atoms with van der Waals surface area (Å²) < 4.78 is 16.9. The van der Waals surface area contributed by atoms with Gasteiger partial charge in [-0.05, 0) is 154 Å². The molecule has 0 aliphatic rings. The van der Waals surface area contributed by atoms with Crippen LogP contribution in [0, 0.1) is 0 Å². The van der Waals surface area contributed by atoms with Crippen LogP contribution in [0.3, 0.4) is 0 Å². The van der Waals surface area contributed by atoms with Crippen LogP contribution >= 0.6 is 0 Å². The molecule has 6 nitrogen and oxygen atoms in total. The molecular formula is C76H122O6. The van der Waals surface area contributed by atoms with E-state index in [4.69, 9.17) is 14.2 Å². The lowest BCUT2D eigenvalue weighted by Crippen LogP contribution is -2.30. The molecule has 0 fully saturated rings.